The fourth-order valence-corrected chi connectivity index (χ4v) is 2.93. The maximum Gasteiger partial charge on any atom is 0.354 e. The van der Waals surface area contributed by atoms with Crippen molar-refractivity contribution < 1.29 is 14.7 Å². The van der Waals surface area contributed by atoms with Crippen molar-refractivity contribution in [1.82, 2.24) is 19.9 Å². The number of amides is 1. The van der Waals surface area contributed by atoms with Crippen LogP contribution in [0.4, 0.5) is 0 Å². The number of carbonyl (C=O) groups excluding carboxylic acids is 1. The molecule has 134 valence electrons. The van der Waals surface area contributed by atoms with E-state index in [1.54, 1.807) is 0 Å². The molecule has 0 aliphatic carbocycles. The fraction of sp³-hybridized carbons (Fsp3) is 0.263. The highest BCUT2D eigenvalue weighted by molar-refractivity contribution is 5.94. The second-order valence-corrected chi connectivity index (χ2v) is 6.33. The molecular weight excluding hydrogens is 332 g/mol. The van der Waals surface area contributed by atoms with Crippen molar-refractivity contribution in [3.05, 3.63) is 59.7 Å². The summed E-state index contributed by atoms with van der Waals surface area (Å²) in [6.45, 7) is 5.97. The molecule has 1 atom stereocenters. The summed E-state index contributed by atoms with van der Waals surface area (Å²) in [6.07, 6.45) is 0. The number of rotatable bonds is 5. The lowest BCUT2D eigenvalue weighted by atomic mass is 10.2. The lowest BCUT2D eigenvalue weighted by Crippen LogP contribution is -2.30. The highest BCUT2D eigenvalue weighted by Gasteiger charge is 2.21. The number of fused-ring (bicyclic) bond motifs is 1. The van der Waals surface area contributed by atoms with Crippen LogP contribution in [-0.4, -0.2) is 31.5 Å². The van der Waals surface area contributed by atoms with Crippen LogP contribution in [0.25, 0.3) is 11.0 Å². The van der Waals surface area contributed by atoms with Crippen molar-refractivity contribution in [3.8, 4) is 0 Å². The van der Waals surface area contributed by atoms with Gasteiger partial charge in [0.25, 0.3) is 5.91 Å². The maximum absolute atomic E-state index is 12.5. The summed E-state index contributed by atoms with van der Waals surface area (Å²) in [5, 5.41) is 11.9. The van der Waals surface area contributed by atoms with Gasteiger partial charge >= 0.3 is 5.97 Å². The summed E-state index contributed by atoms with van der Waals surface area (Å²) < 4.78 is 2.08. The number of pyridine rings is 1. The van der Waals surface area contributed by atoms with E-state index >= 15 is 0 Å². The molecule has 7 nitrogen and oxygen atoms in total. The molecule has 7 heteroatoms. The van der Waals surface area contributed by atoms with Gasteiger partial charge in [-0.2, -0.15) is 0 Å². The Morgan fingerprint density at radius 2 is 1.69 bits per heavy atom. The first-order valence-corrected chi connectivity index (χ1v) is 8.36. The zero-order valence-corrected chi connectivity index (χ0v) is 14.8. The van der Waals surface area contributed by atoms with Crippen LogP contribution in [0, 0.1) is 0 Å². The molecule has 2 N–H and O–H groups in total. The Morgan fingerprint density at radius 1 is 1.00 bits per heavy atom. The van der Waals surface area contributed by atoms with Crippen molar-refractivity contribution in [2.24, 2.45) is 0 Å². The van der Waals surface area contributed by atoms with Crippen LogP contribution in [-0.2, 0) is 0 Å². The van der Waals surface area contributed by atoms with Crippen LogP contribution < -0.4 is 5.32 Å². The maximum atomic E-state index is 12.5. The summed E-state index contributed by atoms with van der Waals surface area (Å²) in [6, 6.07) is 12.0. The summed E-state index contributed by atoms with van der Waals surface area (Å²) in [7, 11) is 0. The Hall–Kier alpha value is -3.22. The minimum absolute atomic E-state index is 0.0592. The molecule has 0 radical (unpaired) electrons. The fourth-order valence-electron chi connectivity index (χ4n) is 2.93. The highest BCUT2D eigenvalue weighted by Crippen LogP contribution is 2.25. The van der Waals surface area contributed by atoms with Gasteiger partial charge < -0.3 is 15.0 Å². The number of para-hydroxylation sites is 2. The number of nitrogens with one attached hydrogen (secondary N) is 1. The van der Waals surface area contributed by atoms with Crippen LogP contribution in [0.3, 0.4) is 0 Å². The molecule has 0 aliphatic heterocycles. The van der Waals surface area contributed by atoms with E-state index in [2.05, 4.69) is 33.7 Å². The number of aromatic carboxylic acids is 1. The zero-order valence-electron chi connectivity index (χ0n) is 14.8. The first kappa shape index (κ1) is 17.6. The van der Waals surface area contributed by atoms with E-state index in [0.29, 0.717) is 0 Å². The number of nitrogens with zero attached hydrogens (tertiary/aromatic N) is 3. The second kappa shape index (κ2) is 6.95. The molecule has 26 heavy (non-hydrogen) atoms. The predicted octanol–water partition coefficient (Wildman–Crippen LogP) is 3.20. The molecule has 0 aliphatic rings. The molecule has 2 heterocycles. The van der Waals surface area contributed by atoms with Gasteiger partial charge in [0.1, 0.15) is 17.2 Å². The molecule has 0 spiro atoms. The SMILES string of the molecule is CC(NC(=O)c1cccc(C(=O)O)n1)c1nc2ccccc2n1C(C)C. The minimum atomic E-state index is -1.17. The molecule has 1 unspecified atom stereocenters. The van der Waals surface area contributed by atoms with Crippen molar-refractivity contribution in [2.45, 2.75) is 32.9 Å². The lowest BCUT2D eigenvalue weighted by Gasteiger charge is -2.18. The molecule has 0 bridgehead atoms. The van der Waals surface area contributed by atoms with Crippen molar-refractivity contribution in [3.63, 3.8) is 0 Å². The topological polar surface area (TPSA) is 97.1 Å². The average molecular weight is 352 g/mol. The van der Waals surface area contributed by atoms with Crippen LogP contribution in [0.1, 0.15) is 59.7 Å². The van der Waals surface area contributed by atoms with Gasteiger partial charge in [-0.25, -0.2) is 14.8 Å². The standard InChI is InChI=1S/C19H20N4O3/c1-11(2)23-16-10-5-4-7-13(16)22-17(23)12(3)20-18(24)14-8-6-9-15(21-14)19(25)26/h4-12H,1-3H3,(H,20,24)(H,25,26). The molecule has 3 rings (SSSR count). The first-order valence-electron chi connectivity index (χ1n) is 8.36. The number of benzene rings is 1. The van der Waals surface area contributed by atoms with E-state index in [0.717, 1.165) is 16.9 Å². The van der Waals surface area contributed by atoms with E-state index < -0.39 is 11.9 Å². The summed E-state index contributed by atoms with van der Waals surface area (Å²) in [5.41, 5.74) is 1.76. The van der Waals surface area contributed by atoms with Gasteiger partial charge in [0, 0.05) is 6.04 Å². The van der Waals surface area contributed by atoms with E-state index in [-0.39, 0.29) is 23.5 Å². The van der Waals surface area contributed by atoms with Crippen LogP contribution in [0.5, 0.6) is 0 Å². The molecule has 0 fully saturated rings. The number of hydrogen-bond acceptors (Lipinski definition) is 4. The minimum Gasteiger partial charge on any atom is -0.477 e. The highest BCUT2D eigenvalue weighted by atomic mass is 16.4. The van der Waals surface area contributed by atoms with Gasteiger partial charge in [0.05, 0.1) is 17.1 Å². The van der Waals surface area contributed by atoms with Gasteiger partial charge in [-0.15, -0.1) is 0 Å². The largest absolute Gasteiger partial charge is 0.477 e. The summed E-state index contributed by atoms with van der Waals surface area (Å²) in [4.78, 5) is 32.1. The Morgan fingerprint density at radius 3 is 2.38 bits per heavy atom. The van der Waals surface area contributed by atoms with Crippen molar-refractivity contribution in [2.75, 3.05) is 0 Å². The molecular formula is C19H20N4O3. The molecule has 3 aromatic rings. The lowest BCUT2D eigenvalue weighted by molar-refractivity contribution is 0.0690. The Bertz CT molecular complexity index is 978. The monoisotopic (exact) mass is 352 g/mol. The molecule has 2 aromatic heterocycles. The number of aromatic nitrogens is 3. The average Bonchev–Trinajstić information content (AvgIpc) is 3.01. The Kier molecular flexibility index (Phi) is 4.71. The van der Waals surface area contributed by atoms with Gasteiger partial charge in [-0.1, -0.05) is 18.2 Å². The number of carbonyl (C=O) groups is 2. The van der Waals surface area contributed by atoms with E-state index in [4.69, 9.17) is 5.11 Å². The quantitative estimate of drug-likeness (QED) is 0.735. The van der Waals surface area contributed by atoms with Gasteiger partial charge in [-0.3, -0.25) is 4.79 Å². The van der Waals surface area contributed by atoms with Gasteiger partial charge in [0.15, 0.2) is 0 Å². The normalized spacial score (nSPS) is 12.3. The molecule has 0 saturated carbocycles. The van der Waals surface area contributed by atoms with Crippen LogP contribution in [0.15, 0.2) is 42.5 Å². The molecule has 1 aromatic carbocycles. The Balaban J connectivity index is 1.90. The first-order chi connectivity index (χ1) is 12.4. The third-order valence-electron chi connectivity index (χ3n) is 4.08. The number of imidazole rings is 1. The third-order valence-corrected chi connectivity index (χ3v) is 4.08. The van der Waals surface area contributed by atoms with Gasteiger partial charge in [0.2, 0.25) is 0 Å². The summed E-state index contributed by atoms with van der Waals surface area (Å²) in [5.74, 6) is -0.874. The van der Waals surface area contributed by atoms with E-state index in [1.165, 1.54) is 18.2 Å². The third kappa shape index (κ3) is 3.28. The second-order valence-electron chi connectivity index (χ2n) is 6.33. The van der Waals surface area contributed by atoms with Crippen molar-refractivity contribution >= 4 is 22.9 Å². The van der Waals surface area contributed by atoms with Crippen LogP contribution >= 0.6 is 0 Å². The Labute approximate surface area is 150 Å². The van der Waals surface area contributed by atoms with Crippen LogP contribution in [0.2, 0.25) is 0 Å². The van der Waals surface area contributed by atoms with E-state index in [9.17, 15) is 9.59 Å². The predicted molar refractivity (Wildman–Crippen MR) is 97.2 cm³/mol. The summed E-state index contributed by atoms with van der Waals surface area (Å²) >= 11 is 0. The number of hydrogen-bond donors (Lipinski definition) is 2. The smallest absolute Gasteiger partial charge is 0.354 e. The van der Waals surface area contributed by atoms with Crippen molar-refractivity contribution in [1.29, 1.82) is 0 Å². The molecule has 1 amide bonds. The van der Waals surface area contributed by atoms with Gasteiger partial charge in [-0.05, 0) is 45.0 Å². The van der Waals surface area contributed by atoms with E-state index in [1.807, 2.05) is 31.2 Å². The number of carboxylic acids is 1. The zero-order chi connectivity index (χ0) is 18.8. The molecule has 0 saturated heterocycles. The number of carboxylic acid groups (broad SMARTS) is 1.